The van der Waals surface area contributed by atoms with Crippen molar-refractivity contribution in [2.75, 3.05) is 0 Å². The van der Waals surface area contributed by atoms with Gasteiger partial charge in [0.1, 0.15) is 0 Å². The summed E-state index contributed by atoms with van der Waals surface area (Å²) >= 11 is 0. The van der Waals surface area contributed by atoms with Gasteiger partial charge in [0.25, 0.3) is 0 Å². The maximum absolute atomic E-state index is 13.5. The van der Waals surface area contributed by atoms with Gasteiger partial charge in [-0.25, -0.2) is 4.57 Å². The molecule has 0 aliphatic carbocycles. The molecule has 0 fully saturated rings. The van der Waals surface area contributed by atoms with Crippen molar-refractivity contribution in [1.29, 1.82) is 0 Å². The van der Waals surface area contributed by atoms with Crippen LogP contribution in [0, 0.1) is 17.8 Å². The monoisotopic (exact) mass is 434 g/mol. The van der Waals surface area contributed by atoms with Crippen LogP contribution in [0.15, 0.2) is 0 Å². The van der Waals surface area contributed by atoms with Crippen LogP contribution in [0.4, 0.5) is 0 Å². The fraction of sp³-hybridized carbons (Fsp3) is 1.00. The van der Waals surface area contributed by atoms with Gasteiger partial charge < -0.3 is 0 Å². The third kappa shape index (κ3) is 17.5. The number of hydrogen-bond donors (Lipinski definition) is 0. The summed E-state index contributed by atoms with van der Waals surface area (Å²) in [5, 5.41) is 0. The van der Waals surface area contributed by atoms with E-state index in [9.17, 15) is 4.57 Å². The summed E-state index contributed by atoms with van der Waals surface area (Å²) in [5.74, 6) is 2.01. The van der Waals surface area contributed by atoms with Gasteiger partial charge in [-0.15, -0.1) is 0 Å². The van der Waals surface area contributed by atoms with Crippen molar-refractivity contribution in [2.45, 2.75) is 138 Å². The molecule has 0 spiro atoms. The van der Waals surface area contributed by atoms with E-state index in [0.717, 1.165) is 57.8 Å². The van der Waals surface area contributed by atoms with Crippen LogP contribution >= 0.6 is 7.82 Å². The first-order valence-electron chi connectivity index (χ1n) is 12.1. The maximum Gasteiger partial charge on any atom is 0.475 e. The Morgan fingerprint density at radius 1 is 0.483 bits per heavy atom. The topological polar surface area (TPSA) is 44.8 Å². The lowest BCUT2D eigenvalue weighted by Gasteiger charge is -2.27. The average Bonchev–Trinajstić information content (AvgIpc) is 2.52. The molecule has 29 heavy (non-hydrogen) atoms. The number of hydrogen-bond acceptors (Lipinski definition) is 4. The molecule has 0 aliphatic rings. The van der Waals surface area contributed by atoms with Crippen LogP contribution in [-0.4, -0.2) is 18.3 Å². The largest absolute Gasteiger partial charge is 0.475 e. The van der Waals surface area contributed by atoms with Crippen molar-refractivity contribution in [3.05, 3.63) is 0 Å². The quantitative estimate of drug-likeness (QED) is 0.202. The van der Waals surface area contributed by atoms with Gasteiger partial charge in [-0.3, -0.25) is 13.6 Å². The molecule has 3 unspecified atom stereocenters. The average molecular weight is 435 g/mol. The molecule has 5 heteroatoms. The van der Waals surface area contributed by atoms with Crippen LogP contribution in [0.2, 0.25) is 0 Å². The fourth-order valence-electron chi connectivity index (χ4n) is 3.33. The van der Waals surface area contributed by atoms with Crippen molar-refractivity contribution in [3.8, 4) is 0 Å². The van der Waals surface area contributed by atoms with Gasteiger partial charge in [-0.2, -0.15) is 0 Å². The predicted octanol–water partition coefficient (Wildman–Crippen LogP) is 8.79. The highest BCUT2D eigenvalue weighted by molar-refractivity contribution is 7.48. The molecule has 4 nitrogen and oxygen atoms in total. The molecule has 0 aliphatic heterocycles. The van der Waals surface area contributed by atoms with E-state index in [1.165, 1.54) is 0 Å². The molecule has 0 heterocycles. The van der Waals surface area contributed by atoms with E-state index in [-0.39, 0.29) is 18.3 Å². The van der Waals surface area contributed by atoms with E-state index >= 15 is 0 Å². The number of rotatable bonds is 18. The number of phosphoric acid groups is 1. The molecule has 0 rings (SSSR count). The lowest BCUT2D eigenvalue weighted by atomic mass is 10.1. The van der Waals surface area contributed by atoms with Crippen molar-refractivity contribution in [1.82, 2.24) is 0 Å². The van der Waals surface area contributed by atoms with E-state index in [0.29, 0.717) is 17.8 Å². The maximum atomic E-state index is 13.5. The molecule has 0 N–H and O–H groups in total. The highest BCUT2D eigenvalue weighted by Crippen LogP contribution is 2.54. The van der Waals surface area contributed by atoms with Crippen LogP contribution in [0.5, 0.6) is 0 Å². The van der Waals surface area contributed by atoms with Crippen LogP contribution < -0.4 is 0 Å². The Bertz CT molecular complexity index is 375. The Morgan fingerprint density at radius 3 is 0.931 bits per heavy atom. The molecule has 0 saturated heterocycles. The highest BCUT2D eigenvalue weighted by atomic mass is 31.2. The minimum Gasteiger partial charge on any atom is -0.284 e. The first-order valence-corrected chi connectivity index (χ1v) is 13.5. The van der Waals surface area contributed by atoms with E-state index in [2.05, 4.69) is 41.5 Å². The summed E-state index contributed by atoms with van der Waals surface area (Å²) in [5.41, 5.74) is 0. The summed E-state index contributed by atoms with van der Waals surface area (Å²) in [6.07, 6.45) is 8.85. The van der Waals surface area contributed by atoms with E-state index in [4.69, 9.17) is 13.6 Å². The zero-order valence-electron chi connectivity index (χ0n) is 20.9. The molecule has 0 radical (unpaired) electrons. The summed E-state index contributed by atoms with van der Waals surface area (Å²) in [6.45, 7) is 19.3. The van der Waals surface area contributed by atoms with Crippen LogP contribution in [0.3, 0.4) is 0 Å². The fourth-order valence-corrected chi connectivity index (χ4v) is 5.12. The van der Waals surface area contributed by atoms with Gasteiger partial charge in [-0.1, -0.05) is 80.1 Å². The van der Waals surface area contributed by atoms with Gasteiger partial charge in [0.05, 0.1) is 18.3 Å². The van der Waals surface area contributed by atoms with E-state index < -0.39 is 7.82 Å². The molecule has 0 aromatic heterocycles. The molecule has 0 amide bonds. The molecule has 3 atom stereocenters. The first-order chi connectivity index (χ1) is 13.4. The van der Waals surface area contributed by atoms with E-state index in [1.54, 1.807) is 0 Å². The Balaban J connectivity index is 4.79. The Hall–Kier alpha value is 0.110. The summed E-state index contributed by atoms with van der Waals surface area (Å²) in [4.78, 5) is 0. The van der Waals surface area contributed by atoms with Gasteiger partial charge in [0.2, 0.25) is 0 Å². The minimum atomic E-state index is -3.58. The van der Waals surface area contributed by atoms with Crippen LogP contribution in [0.25, 0.3) is 0 Å². The second-order valence-electron chi connectivity index (χ2n) is 10.2. The van der Waals surface area contributed by atoms with Crippen LogP contribution in [-0.2, 0) is 18.1 Å². The normalized spacial score (nSPS) is 17.7. The van der Waals surface area contributed by atoms with Gasteiger partial charge >= 0.3 is 7.82 Å². The summed E-state index contributed by atoms with van der Waals surface area (Å²) in [6, 6.07) is 0. The zero-order valence-corrected chi connectivity index (χ0v) is 21.8. The van der Waals surface area contributed by atoms with Crippen molar-refractivity contribution < 1.29 is 18.1 Å². The predicted molar refractivity (Wildman–Crippen MR) is 125 cm³/mol. The van der Waals surface area contributed by atoms with Crippen molar-refractivity contribution in [3.63, 3.8) is 0 Å². The second-order valence-corrected chi connectivity index (χ2v) is 11.7. The third-order valence-corrected chi connectivity index (χ3v) is 6.96. The van der Waals surface area contributed by atoms with Crippen LogP contribution in [0.1, 0.15) is 120 Å². The molecule has 0 aromatic rings. The Kier molecular flexibility index (Phi) is 15.9. The molecular formula is C24H51O4P. The van der Waals surface area contributed by atoms with Gasteiger partial charge in [-0.05, 0) is 57.8 Å². The standard InChI is InChI=1S/C24H51O4P/c1-19(2)13-10-16-22(7)26-29(25,27-23(8)17-11-14-20(3)4)28-24(9)18-12-15-21(5)6/h19-24H,10-18H2,1-9H3. The van der Waals surface area contributed by atoms with Gasteiger partial charge in [0, 0.05) is 0 Å². The Morgan fingerprint density at radius 2 is 0.724 bits per heavy atom. The smallest absolute Gasteiger partial charge is 0.284 e. The minimum absolute atomic E-state index is 0.134. The zero-order chi connectivity index (χ0) is 22.4. The second kappa shape index (κ2) is 15.8. The van der Waals surface area contributed by atoms with Crippen molar-refractivity contribution >= 4 is 7.82 Å². The highest BCUT2D eigenvalue weighted by Gasteiger charge is 2.33. The third-order valence-electron chi connectivity index (χ3n) is 5.10. The molecule has 0 aromatic carbocycles. The van der Waals surface area contributed by atoms with E-state index in [1.807, 2.05) is 20.8 Å². The van der Waals surface area contributed by atoms with Crippen molar-refractivity contribution in [2.24, 2.45) is 17.8 Å². The summed E-state index contributed by atoms with van der Waals surface area (Å²) in [7, 11) is -3.58. The lowest BCUT2D eigenvalue weighted by Crippen LogP contribution is -2.18. The number of phosphoric ester groups is 1. The molecule has 176 valence electrons. The SMILES string of the molecule is CC(C)CCCC(C)OP(=O)(OC(C)CCCC(C)C)OC(C)CCCC(C)C. The first kappa shape index (κ1) is 29.1. The molecule has 0 bridgehead atoms. The lowest BCUT2D eigenvalue weighted by molar-refractivity contribution is 0.0354. The Labute approximate surface area is 182 Å². The summed E-state index contributed by atoms with van der Waals surface area (Å²) < 4.78 is 31.2. The van der Waals surface area contributed by atoms with Gasteiger partial charge in [0.15, 0.2) is 0 Å². The molecule has 0 saturated carbocycles. The molecular weight excluding hydrogens is 383 g/mol.